The van der Waals surface area contributed by atoms with Crippen molar-refractivity contribution >= 4 is 23.1 Å². The number of nitrogens with zero attached hydrogens (tertiary/aromatic N) is 2. The number of fused-ring (bicyclic) bond motifs is 1. The lowest BCUT2D eigenvalue weighted by atomic mass is 9.73. The number of halogens is 1. The number of carbonyl (C=O) groups excluding carboxylic acids is 2. The molecule has 1 fully saturated rings. The Kier molecular flexibility index (Phi) is 7.31. The summed E-state index contributed by atoms with van der Waals surface area (Å²) in [5.41, 5.74) is 3.09. The summed E-state index contributed by atoms with van der Waals surface area (Å²) in [7, 11) is 0. The molecule has 1 atom stereocenters. The number of rotatable bonds is 6. The lowest BCUT2D eigenvalue weighted by molar-refractivity contribution is -0.120. The molecule has 8 heteroatoms. The zero-order chi connectivity index (χ0) is 26.0. The Morgan fingerprint density at radius 2 is 1.84 bits per heavy atom. The molecule has 1 aliphatic carbocycles. The van der Waals surface area contributed by atoms with Crippen molar-refractivity contribution in [3.8, 4) is 0 Å². The topological polar surface area (TPSA) is 73.9 Å². The van der Waals surface area contributed by atoms with Crippen LogP contribution >= 0.6 is 0 Å². The summed E-state index contributed by atoms with van der Waals surface area (Å²) >= 11 is 0. The Bertz CT molecular complexity index is 1210. The van der Waals surface area contributed by atoms with Crippen LogP contribution in [0.15, 0.2) is 59.8 Å². The number of anilines is 2. The highest BCUT2D eigenvalue weighted by Crippen LogP contribution is 2.48. The third-order valence-electron chi connectivity index (χ3n) is 7.37. The highest BCUT2D eigenvalue weighted by Gasteiger charge is 2.42. The first-order chi connectivity index (χ1) is 17.8. The van der Waals surface area contributed by atoms with E-state index in [2.05, 4.69) is 29.4 Å². The molecule has 0 radical (unpaired) electrons. The molecule has 0 bridgehead atoms. The SMILES string of the molecule is CC1(C)CC(=O)C2=C(C1)Nc1ccccc1N(CC(=O)NCCN1CCOCC1)C2c1ccccc1F. The smallest absolute Gasteiger partial charge is 0.239 e. The van der Waals surface area contributed by atoms with Crippen molar-refractivity contribution in [1.82, 2.24) is 10.2 Å². The van der Waals surface area contributed by atoms with Gasteiger partial charge in [0, 0.05) is 49.4 Å². The summed E-state index contributed by atoms with van der Waals surface area (Å²) in [5.74, 6) is -0.580. The van der Waals surface area contributed by atoms with Gasteiger partial charge in [0.05, 0.1) is 37.2 Å². The van der Waals surface area contributed by atoms with Gasteiger partial charge in [-0.2, -0.15) is 0 Å². The van der Waals surface area contributed by atoms with Gasteiger partial charge in [-0.05, 0) is 30.0 Å². The molecule has 2 aliphatic heterocycles. The van der Waals surface area contributed by atoms with E-state index in [4.69, 9.17) is 4.74 Å². The lowest BCUT2D eigenvalue weighted by Gasteiger charge is -2.38. The van der Waals surface area contributed by atoms with Crippen LogP contribution in [0, 0.1) is 11.2 Å². The van der Waals surface area contributed by atoms with Crippen molar-refractivity contribution in [2.24, 2.45) is 5.41 Å². The monoisotopic (exact) mass is 506 g/mol. The van der Waals surface area contributed by atoms with Gasteiger partial charge in [0.25, 0.3) is 0 Å². The molecule has 0 spiro atoms. The van der Waals surface area contributed by atoms with E-state index in [0.29, 0.717) is 43.7 Å². The summed E-state index contributed by atoms with van der Waals surface area (Å²) in [4.78, 5) is 31.1. The van der Waals surface area contributed by atoms with Gasteiger partial charge in [0.15, 0.2) is 5.78 Å². The number of nitrogens with one attached hydrogen (secondary N) is 2. The number of morpholine rings is 1. The lowest BCUT2D eigenvalue weighted by Crippen LogP contribution is -2.45. The standard InChI is InChI=1S/C29H35FN4O3/c1-29(2)17-23-27(25(35)18-29)28(20-7-3-4-8-21(20)30)34(24-10-6-5-9-22(24)32-23)19-26(36)31-11-12-33-13-15-37-16-14-33/h3-10,28,32H,11-19H2,1-2H3,(H,31,36). The molecule has 7 nitrogen and oxygen atoms in total. The Balaban J connectivity index is 1.50. The van der Waals surface area contributed by atoms with E-state index in [1.165, 1.54) is 6.07 Å². The van der Waals surface area contributed by atoms with Crippen LogP contribution in [-0.4, -0.2) is 62.5 Å². The highest BCUT2D eigenvalue weighted by molar-refractivity contribution is 6.01. The largest absolute Gasteiger partial charge is 0.379 e. The minimum Gasteiger partial charge on any atom is -0.379 e. The molecule has 5 rings (SSSR count). The van der Waals surface area contributed by atoms with Gasteiger partial charge < -0.3 is 20.3 Å². The maximum absolute atomic E-state index is 15.3. The van der Waals surface area contributed by atoms with Crippen molar-refractivity contribution in [1.29, 1.82) is 0 Å². The maximum Gasteiger partial charge on any atom is 0.239 e. The van der Waals surface area contributed by atoms with Crippen LogP contribution in [0.5, 0.6) is 0 Å². The number of hydrogen-bond acceptors (Lipinski definition) is 6. The summed E-state index contributed by atoms with van der Waals surface area (Å²) < 4.78 is 20.7. The normalized spacial score (nSPS) is 21.5. The fourth-order valence-corrected chi connectivity index (χ4v) is 5.64. The van der Waals surface area contributed by atoms with Crippen LogP contribution in [0.25, 0.3) is 0 Å². The van der Waals surface area contributed by atoms with Gasteiger partial charge in [0.1, 0.15) is 5.82 Å². The summed E-state index contributed by atoms with van der Waals surface area (Å²) in [6.45, 7) is 8.52. The Morgan fingerprint density at radius 1 is 1.11 bits per heavy atom. The third kappa shape index (κ3) is 5.55. The third-order valence-corrected chi connectivity index (χ3v) is 7.37. The van der Waals surface area contributed by atoms with E-state index < -0.39 is 11.9 Å². The van der Waals surface area contributed by atoms with Crippen molar-refractivity contribution in [2.45, 2.75) is 32.7 Å². The van der Waals surface area contributed by atoms with Gasteiger partial charge >= 0.3 is 0 Å². The molecule has 0 saturated carbocycles. The Hall–Kier alpha value is -3.23. The second-order valence-corrected chi connectivity index (χ2v) is 10.8. The van der Waals surface area contributed by atoms with E-state index in [0.717, 1.165) is 36.7 Å². The quantitative estimate of drug-likeness (QED) is 0.619. The molecule has 1 unspecified atom stereocenters. The van der Waals surface area contributed by atoms with E-state index in [9.17, 15) is 9.59 Å². The number of Topliss-reactive ketones (excluding diaryl/α,β-unsaturated/α-hetero) is 1. The van der Waals surface area contributed by atoms with Crippen molar-refractivity contribution in [3.05, 3.63) is 71.2 Å². The number of amides is 1. The minimum absolute atomic E-state index is 0.00570. The van der Waals surface area contributed by atoms with Crippen LogP contribution < -0.4 is 15.5 Å². The second kappa shape index (κ2) is 10.6. The van der Waals surface area contributed by atoms with E-state index in [-0.39, 0.29) is 23.7 Å². The molecule has 1 saturated heterocycles. The second-order valence-electron chi connectivity index (χ2n) is 10.8. The first-order valence-electron chi connectivity index (χ1n) is 13.0. The van der Waals surface area contributed by atoms with Gasteiger partial charge in [-0.1, -0.05) is 44.2 Å². The van der Waals surface area contributed by atoms with Crippen molar-refractivity contribution in [3.63, 3.8) is 0 Å². The first-order valence-corrected chi connectivity index (χ1v) is 13.0. The van der Waals surface area contributed by atoms with E-state index in [1.807, 2.05) is 29.2 Å². The van der Waals surface area contributed by atoms with Crippen LogP contribution in [0.4, 0.5) is 15.8 Å². The van der Waals surface area contributed by atoms with Crippen LogP contribution in [0.3, 0.4) is 0 Å². The Morgan fingerprint density at radius 3 is 2.62 bits per heavy atom. The molecular weight excluding hydrogens is 471 g/mol. The van der Waals surface area contributed by atoms with Gasteiger partial charge in [0.2, 0.25) is 5.91 Å². The van der Waals surface area contributed by atoms with Crippen LogP contribution in [0.2, 0.25) is 0 Å². The van der Waals surface area contributed by atoms with Crippen LogP contribution in [-0.2, 0) is 14.3 Å². The van der Waals surface area contributed by atoms with Crippen LogP contribution in [0.1, 0.15) is 38.3 Å². The summed E-state index contributed by atoms with van der Waals surface area (Å²) in [6, 6.07) is 13.5. The fraction of sp³-hybridized carbons (Fsp3) is 0.448. The van der Waals surface area contributed by atoms with E-state index >= 15 is 4.39 Å². The molecule has 1 amide bonds. The molecule has 37 heavy (non-hydrogen) atoms. The molecule has 2 N–H and O–H groups in total. The maximum atomic E-state index is 15.3. The Labute approximate surface area is 217 Å². The summed E-state index contributed by atoms with van der Waals surface area (Å²) in [5, 5.41) is 6.53. The number of ether oxygens (including phenoxy) is 1. The molecule has 2 aromatic rings. The number of hydrogen-bond donors (Lipinski definition) is 2. The predicted molar refractivity (Wildman–Crippen MR) is 142 cm³/mol. The van der Waals surface area contributed by atoms with Crippen molar-refractivity contribution < 1.29 is 18.7 Å². The molecule has 2 aromatic carbocycles. The first kappa shape index (κ1) is 25.4. The highest BCUT2D eigenvalue weighted by atomic mass is 19.1. The number of carbonyl (C=O) groups is 2. The zero-order valence-electron chi connectivity index (χ0n) is 21.6. The number of para-hydroxylation sites is 2. The minimum atomic E-state index is -0.721. The molecule has 2 heterocycles. The van der Waals surface area contributed by atoms with Crippen molar-refractivity contribution in [2.75, 3.05) is 56.2 Å². The molecule has 196 valence electrons. The fourth-order valence-electron chi connectivity index (χ4n) is 5.64. The van der Waals surface area contributed by atoms with E-state index in [1.54, 1.807) is 18.2 Å². The molecular formula is C29H35FN4O3. The zero-order valence-corrected chi connectivity index (χ0v) is 21.6. The van der Waals surface area contributed by atoms with Gasteiger partial charge in [-0.25, -0.2) is 4.39 Å². The molecule has 0 aromatic heterocycles. The predicted octanol–water partition coefficient (Wildman–Crippen LogP) is 3.89. The van der Waals surface area contributed by atoms with Gasteiger partial charge in [-0.15, -0.1) is 0 Å². The number of allylic oxidation sites excluding steroid dienone is 1. The number of benzene rings is 2. The van der Waals surface area contributed by atoms with Gasteiger partial charge in [-0.3, -0.25) is 14.5 Å². The molecule has 3 aliphatic rings. The average molecular weight is 507 g/mol. The number of ketones is 1. The summed E-state index contributed by atoms with van der Waals surface area (Å²) in [6.07, 6.45) is 1.03. The average Bonchev–Trinajstić information content (AvgIpc) is 2.99.